The van der Waals surface area contributed by atoms with Gasteiger partial charge in [-0.15, -0.1) is 0 Å². The molecule has 1 aromatic carbocycles. The van der Waals surface area contributed by atoms with E-state index in [-0.39, 0.29) is 12.2 Å². The lowest BCUT2D eigenvalue weighted by atomic mass is 9.97. The number of hydrogen-bond donors (Lipinski definition) is 0. The first-order valence-corrected chi connectivity index (χ1v) is 6.85. The summed E-state index contributed by atoms with van der Waals surface area (Å²) >= 11 is 7.19. The molecule has 0 radical (unpaired) electrons. The Bertz CT molecular complexity index is 589. The lowest BCUT2D eigenvalue weighted by molar-refractivity contribution is -0.114. The van der Waals surface area contributed by atoms with Crippen LogP contribution >= 0.6 is 23.4 Å². The molecule has 0 aromatic heterocycles. The van der Waals surface area contributed by atoms with Gasteiger partial charge in [0.25, 0.3) is 0 Å². The topological polar surface area (TPSA) is 17.1 Å². The molecule has 2 aliphatic rings. The molecule has 1 aromatic rings. The summed E-state index contributed by atoms with van der Waals surface area (Å²) in [5, 5.41) is -1.93. The van der Waals surface area contributed by atoms with Crippen molar-refractivity contribution in [2.75, 3.05) is 0 Å². The summed E-state index contributed by atoms with van der Waals surface area (Å²) in [5.41, 5.74) is 1.41. The fourth-order valence-electron chi connectivity index (χ4n) is 2.13. The number of hydrogen-bond acceptors (Lipinski definition) is 2. The van der Waals surface area contributed by atoms with E-state index in [0.29, 0.717) is 12.0 Å². The molecule has 1 aliphatic carbocycles. The SMILES string of the molecule is O=C1Cc2ccccc2SC2=CCC(F)(Cl)C=C12. The number of alkyl halides is 2. The third-order valence-electron chi connectivity index (χ3n) is 3.02. The molecule has 1 atom stereocenters. The fourth-order valence-corrected chi connectivity index (χ4v) is 3.42. The van der Waals surface area contributed by atoms with Crippen molar-refractivity contribution in [3.8, 4) is 0 Å². The van der Waals surface area contributed by atoms with E-state index in [1.54, 1.807) is 6.08 Å². The van der Waals surface area contributed by atoms with Crippen LogP contribution in [0.4, 0.5) is 4.39 Å². The number of benzene rings is 1. The van der Waals surface area contributed by atoms with Gasteiger partial charge in [-0.1, -0.05) is 47.6 Å². The van der Waals surface area contributed by atoms with E-state index in [4.69, 9.17) is 11.6 Å². The van der Waals surface area contributed by atoms with Crippen LogP contribution in [0, 0.1) is 0 Å². The van der Waals surface area contributed by atoms with Gasteiger partial charge in [0.1, 0.15) is 0 Å². The maximum atomic E-state index is 13.8. The molecular formula is C14H10ClFOS. The Balaban J connectivity index is 2.08. The molecule has 0 saturated carbocycles. The Hall–Kier alpha value is -1.06. The van der Waals surface area contributed by atoms with Crippen LogP contribution in [0.2, 0.25) is 0 Å². The van der Waals surface area contributed by atoms with Crippen molar-refractivity contribution in [2.45, 2.75) is 22.9 Å². The van der Waals surface area contributed by atoms with Crippen LogP contribution in [0.3, 0.4) is 0 Å². The maximum absolute atomic E-state index is 13.8. The first-order chi connectivity index (χ1) is 8.55. The number of carbonyl (C=O) groups excluding carboxylic acids is 1. The number of Topliss-reactive ketones (excluding diaryl/α,β-unsaturated/α-hetero) is 1. The molecule has 3 rings (SSSR count). The van der Waals surface area contributed by atoms with Crippen LogP contribution in [-0.2, 0) is 11.2 Å². The maximum Gasteiger partial charge on any atom is 0.206 e. The minimum atomic E-state index is -1.93. The van der Waals surface area contributed by atoms with E-state index in [0.717, 1.165) is 15.4 Å². The molecule has 0 amide bonds. The Morgan fingerprint density at radius 2 is 2.11 bits per heavy atom. The molecule has 1 unspecified atom stereocenters. The number of rotatable bonds is 0. The molecule has 0 bridgehead atoms. The van der Waals surface area contributed by atoms with Crippen molar-refractivity contribution >= 4 is 29.1 Å². The highest BCUT2D eigenvalue weighted by atomic mass is 35.5. The van der Waals surface area contributed by atoms with Crippen LogP contribution in [0.1, 0.15) is 12.0 Å². The van der Waals surface area contributed by atoms with Gasteiger partial charge in [0.2, 0.25) is 5.13 Å². The van der Waals surface area contributed by atoms with Crippen LogP contribution in [0.15, 0.2) is 51.8 Å². The summed E-state index contributed by atoms with van der Waals surface area (Å²) in [6.45, 7) is 0. The Kier molecular flexibility index (Phi) is 2.83. The fraction of sp³-hybridized carbons (Fsp3) is 0.214. The molecule has 92 valence electrons. The average molecular weight is 281 g/mol. The highest BCUT2D eigenvalue weighted by Crippen LogP contribution is 2.43. The van der Waals surface area contributed by atoms with Crippen LogP contribution in [0.5, 0.6) is 0 Å². The smallest absolute Gasteiger partial charge is 0.206 e. The number of carbonyl (C=O) groups is 1. The van der Waals surface area contributed by atoms with E-state index < -0.39 is 5.13 Å². The minimum absolute atomic E-state index is 0.0684. The highest BCUT2D eigenvalue weighted by molar-refractivity contribution is 8.03. The van der Waals surface area contributed by atoms with Gasteiger partial charge in [-0.2, -0.15) is 0 Å². The van der Waals surface area contributed by atoms with Crippen LogP contribution in [0.25, 0.3) is 0 Å². The van der Waals surface area contributed by atoms with E-state index >= 15 is 0 Å². The van der Waals surface area contributed by atoms with Crippen molar-refractivity contribution in [1.29, 1.82) is 0 Å². The lowest BCUT2D eigenvalue weighted by Gasteiger charge is -2.20. The summed E-state index contributed by atoms with van der Waals surface area (Å²) in [6, 6.07) is 7.76. The summed E-state index contributed by atoms with van der Waals surface area (Å²) in [5.74, 6) is -0.0684. The van der Waals surface area contributed by atoms with E-state index in [2.05, 4.69) is 0 Å². The predicted molar refractivity (Wildman–Crippen MR) is 71.5 cm³/mol. The van der Waals surface area contributed by atoms with Crippen LogP contribution < -0.4 is 0 Å². The van der Waals surface area contributed by atoms with Crippen LogP contribution in [-0.4, -0.2) is 10.9 Å². The number of allylic oxidation sites excluding steroid dienone is 3. The zero-order valence-corrected chi connectivity index (χ0v) is 11.0. The number of halogens is 2. The van der Waals surface area contributed by atoms with Gasteiger partial charge in [-0.05, 0) is 17.7 Å². The molecule has 18 heavy (non-hydrogen) atoms. The van der Waals surface area contributed by atoms with E-state index in [9.17, 15) is 9.18 Å². The molecular weight excluding hydrogens is 271 g/mol. The zero-order chi connectivity index (χ0) is 12.8. The zero-order valence-electron chi connectivity index (χ0n) is 9.45. The van der Waals surface area contributed by atoms with Gasteiger partial charge in [0.15, 0.2) is 5.78 Å². The Labute approximate surface area is 114 Å². The monoisotopic (exact) mass is 280 g/mol. The van der Waals surface area contributed by atoms with Crippen molar-refractivity contribution in [3.63, 3.8) is 0 Å². The molecule has 0 N–H and O–H groups in total. The largest absolute Gasteiger partial charge is 0.294 e. The van der Waals surface area contributed by atoms with Gasteiger partial charge in [-0.25, -0.2) is 4.39 Å². The summed E-state index contributed by atoms with van der Waals surface area (Å²) in [7, 11) is 0. The number of ketones is 1. The average Bonchev–Trinajstić information content (AvgIpc) is 2.45. The standard InChI is InChI=1S/C14H10ClFOS/c15-14(16)6-5-13-10(8-14)11(17)7-9-3-1-2-4-12(9)18-13/h1-5,8H,6-7H2. The molecule has 1 nitrogen and oxygen atoms in total. The van der Waals surface area contributed by atoms with Gasteiger partial charge in [0, 0.05) is 28.2 Å². The molecule has 1 heterocycles. The van der Waals surface area contributed by atoms with Crippen molar-refractivity contribution < 1.29 is 9.18 Å². The molecule has 0 fully saturated rings. The first-order valence-electron chi connectivity index (χ1n) is 5.65. The number of thioether (sulfide) groups is 1. The third-order valence-corrected chi connectivity index (χ3v) is 4.51. The lowest BCUT2D eigenvalue weighted by Crippen LogP contribution is -2.18. The quantitative estimate of drug-likeness (QED) is 0.668. The molecule has 4 heteroatoms. The minimum Gasteiger partial charge on any atom is -0.294 e. The summed E-state index contributed by atoms with van der Waals surface area (Å²) < 4.78 is 13.8. The van der Waals surface area contributed by atoms with Gasteiger partial charge < -0.3 is 0 Å². The van der Waals surface area contributed by atoms with Crippen molar-refractivity contribution in [3.05, 3.63) is 52.5 Å². The Morgan fingerprint density at radius 3 is 2.94 bits per heavy atom. The Morgan fingerprint density at radius 1 is 1.33 bits per heavy atom. The van der Waals surface area contributed by atoms with Gasteiger partial charge in [-0.3, -0.25) is 4.79 Å². The number of fused-ring (bicyclic) bond motifs is 2. The first kappa shape index (κ1) is 12.0. The molecule has 1 aliphatic heterocycles. The van der Waals surface area contributed by atoms with Crippen molar-refractivity contribution in [2.24, 2.45) is 0 Å². The van der Waals surface area contributed by atoms with Gasteiger partial charge >= 0.3 is 0 Å². The highest BCUT2D eigenvalue weighted by Gasteiger charge is 2.33. The summed E-state index contributed by atoms with van der Waals surface area (Å²) in [6.07, 6.45) is 3.38. The second-order valence-electron chi connectivity index (χ2n) is 4.40. The predicted octanol–water partition coefficient (Wildman–Crippen LogP) is 4.02. The summed E-state index contributed by atoms with van der Waals surface area (Å²) in [4.78, 5) is 14.0. The third kappa shape index (κ3) is 2.13. The second kappa shape index (κ2) is 4.25. The molecule has 0 saturated heterocycles. The van der Waals surface area contributed by atoms with Crippen molar-refractivity contribution in [1.82, 2.24) is 0 Å². The van der Waals surface area contributed by atoms with E-state index in [1.807, 2.05) is 24.3 Å². The van der Waals surface area contributed by atoms with Gasteiger partial charge in [0.05, 0.1) is 0 Å². The van der Waals surface area contributed by atoms with E-state index in [1.165, 1.54) is 17.8 Å². The second-order valence-corrected chi connectivity index (χ2v) is 6.11. The normalized spacial score (nSPS) is 26.7. The molecule has 0 spiro atoms.